The highest BCUT2D eigenvalue weighted by Gasteiger charge is 2.32. The Bertz CT molecular complexity index is 324. The van der Waals surface area contributed by atoms with E-state index in [0.29, 0.717) is 12.0 Å². The Labute approximate surface area is 131 Å². The molecule has 0 bridgehead atoms. The summed E-state index contributed by atoms with van der Waals surface area (Å²) in [5, 5.41) is 6.77. The van der Waals surface area contributed by atoms with Crippen molar-refractivity contribution in [3.63, 3.8) is 0 Å². The number of hydrogen-bond acceptors (Lipinski definition) is 3. The summed E-state index contributed by atoms with van der Waals surface area (Å²) >= 11 is 0. The van der Waals surface area contributed by atoms with Crippen LogP contribution < -0.4 is 10.6 Å². The Morgan fingerprint density at radius 1 is 1.33 bits per heavy atom. The molecule has 0 radical (unpaired) electrons. The molecule has 1 rings (SSSR count). The number of rotatable bonds is 6. The van der Waals surface area contributed by atoms with Gasteiger partial charge in [-0.1, -0.05) is 20.3 Å². The number of nitrogens with zero attached hydrogens (tertiary/aromatic N) is 1. The van der Waals surface area contributed by atoms with E-state index < -0.39 is 0 Å². The van der Waals surface area contributed by atoms with Crippen molar-refractivity contribution in [3.05, 3.63) is 0 Å². The fraction of sp³-hybridized carbons (Fsp3) is 0.941. The van der Waals surface area contributed by atoms with Gasteiger partial charge in [0.05, 0.1) is 6.04 Å². The van der Waals surface area contributed by atoms with Crippen LogP contribution in [0.4, 0.5) is 0 Å². The first-order chi connectivity index (χ1) is 9.78. The fourth-order valence-corrected chi connectivity index (χ4v) is 3.06. The molecule has 21 heavy (non-hydrogen) atoms. The molecular formula is C17H35N3O. The molecule has 4 heteroatoms. The van der Waals surface area contributed by atoms with Gasteiger partial charge in [0, 0.05) is 24.7 Å². The Balaban J connectivity index is 2.56. The summed E-state index contributed by atoms with van der Waals surface area (Å²) in [6.45, 7) is 15.7. The molecule has 0 spiro atoms. The van der Waals surface area contributed by atoms with E-state index in [9.17, 15) is 4.79 Å². The van der Waals surface area contributed by atoms with Gasteiger partial charge in [-0.15, -0.1) is 0 Å². The predicted molar refractivity (Wildman–Crippen MR) is 89.4 cm³/mol. The minimum Gasteiger partial charge on any atom is -0.350 e. The number of hydrogen-bond donors (Lipinski definition) is 2. The smallest absolute Gasteiger partial charge is 0.237 e. The lowest BCUT2D eigenvalue weighted by atomic mass is 9.89. The van der Waals surface area contributed by atoms with E-state index in [0.717, 1.165) is 26.1 Å². The molecule has 0 aromatic heterocycles. The zero-order valence-electron chi connectivity index (χ0n) is 14.8. The van der Waals surface area contributed by atoms with E-state index in [-0.39, 0.29) is 17.5 Å². The average Bonchev–Trinajstić information content (AvgIpc) is 2.42. The van der Waals surface area contributed by atoms with Crippen LogP contribution in [0.3, 0.4) is 0 Å². The second-order valence-corrected chi connectivity index (χ2v) is 7.43. The first-order valence-electron chi connectivity index (χ1n) is 8.58. The zero-order valence-corrected chi connectivity index (χ0v) is 14.8. The molecule has 0 aromatic carbocycles. The molecule has 0 aromatic rings. The first-order valence-corrected chi connectivity index (χ1v) is 8.58. The van der Waals surface area contributed by atoms with E-state index in [4.69, 9.17) is 0 Å². The summed E-state index contributed by atoms with van der Waals surface area (Å²) in [5.41, 5.74) is -0.156. The third-order valence-electron chi connectivity index (χ3n) is 4.37. The van der Waals surface area contributed by atoms with Crippen LogP contribution in [0, 0.1) is 5.92 Å². The number of carbonyl (C=O) groups is 1. The van der Waals surface area contributed by atoms with Crippen LogP contribution in [-0.2, 0) is 4.79 Å². The molecule has 2 N–H and O–H groups in total. The van der Waals surface area contributed by atoms with Crippen molar-refractivity contribution in [2.45, 2.75) is 78.4 Å². The van der Waals surface area contributed by atoms with Gasteiger partial charge in [-0.05, 0) is 53.0 Å². The lowest BCUT2D eigenvalue weighted by molar-refractivity contribution is -0.128. The fourth-order valence-electron chi connectivity index (χ4n) is 3.06. The van der Waals surface area contributed by atoms with Gasteiger partial charge in [-0.2, -0.15) is 0 Å². The Morgan fingerprint density at radius 2 is 2.00 bits per heavy atom. The molecule has 3 unspecified atom stereocenters. The molecule has 1 fully saturated rings. The molecule has 3 atom stereocenters. The van der Waals surface area contributed by atoms with Gasteiger partial charge in [0.2, 0.25) is 5.91 Å². The van der Waals surface area contributed by atoms with Crippen LogP contribution in [0.25, 0.3) is 0 Å². The van der Waals surface area contributed by atoms with Crippen molar-refractivity contribution >= 4 is 5.91 Å². The van der Waals surface area contributed by atoms with Crippen molar-refractivity contribution in [2.24, 2.45) is 5.92 Å². The van der Waals surface area contributed by atoms with Crippen LogP contribution in [0.5, 0.6) is 0 Å². The van der Waals surface area contributed by atoms with Crippen LogP contribution in [-0.4, -0.2) is 48.1 Å². The van der Waals surface area contributed by atoms with Gasteiger partial charge in [0.15, 0.2) is 0 Å². The van der Waals surface area contributed by atoms with Crippen molar-refractivity contribution in [1.29, 1.82) is 0 Å². The van der Waals surface area contributed by atoms with E-state index in [2.05, 4.69) is 29.4 Å². The molecule has 1 aliphatic rings. The summed E-state index contributed by atoms with van der Waals surface area (Å²) < 4.78 is 0. The van der Waals surface area contributed by atoms with Crippen molar-refractivity contribution in [3.8, 4) is 0 Å². The molecule has 4 nitrogen and oxygen atoms in total. The van der Waals surface area contributed by atoms with Crippen LogP contribution in [0.15, 0.2) is 0 Å². The molecule has 1 heterocycles. The molecule has 0 aliphatic carbocycles. The molecule has 1 aliphatic heterocycles. The van der Waals surface area contributed by atoms with Crippen molar-refractivity contribution < 1.29 is 4.79 Å². The highest BCUT2D eigenvalue weighted by atomic mass is 16.2. The lowest BCUT2D eigenvalue weighted by Crippen LogP contribution is -2.56. The maximum Gasteiger partial charge on any atom is 0.237 e. The molecular weight excluding hydrogens is 262 g/mol. The van der Waals surface area contributed by atoms with Crippen molar-refractivity contribution in [2.75, 3.05) is 19.6 Å². The normalized spacial score (nSPS) is 25.6. The van der Waals surface area contributed by atoms with Crippen LogP contribution in [0.2, 0.25) is 0 Å². The van der Waals surface area contributed by atoms with Gasteiger partial charge >= 0.3 is 0 Å². The quantitative estimate of drug-likeness (QED) is 0.791. The third kappa shape index (κ3) is 5.95. The lowest BCUT2D eigenvalue weighted by Gasteiger charge is -2.41. The largest absolute Gasteiger partial charge is 0.350 e. The highest BCUT2D eigenvalue weighted by molar-refractivity contribution is 5.81. The van der Waals surface area contributed by atoms with Gasteiger partial charge < -0.3 is 10.6 Å². The second kappa shape index (κ2) is 8.14. The predicted octanol–water partition coefficient (Wildman–Crippen LogP) is 2.39. The SMILES string of the molecule is CCCNC1CCN(C(C)C(=O)NC(C)(C)C)CC1CC. The van der Waals surface area contributed by atoms with Gasteiger partial charge in [0.1, 0.15) is 0 Å². The monoisotopic (exact) mass is 297 g/mol. The maximum atomic E-state index is 12.3. The average molecular weight is 297 g/mol. The Morgan fingerprint density at radius 3 is 2.52 bits per heavy atom. The minimum atomic E-state index is -0.156. The number of likely N-dealkylation sites (tertiary alicyclic amines) is 1. The number of amides is 1. The summed E-state index contributed by atoms with van der Waals surface area (Å²) in [7, 11) is 0. The topological polar surface area (TPSA) is 44.4 Å². The standard InChI is InChI=1S/C17H35N3O/c1-7-10-18-15-9-11-20(12-14(15)8-2)13(3)16(21)19-17(4,5)6/h13-15,18H,7-12H2,1-6H3,(H,19,21). The minimum absolute atomic E-state index is 0.0367. The summed E-state index contributed by atoms with van der Waals surface area (Å²) in [5.74, 6) is 0.799. The maximum absolute atomic E-state index is 12.3. The summed E-state index contributed by atoms with van der Waals surface area (Å²) in [6.07, 6.45) is 3.50. The van der Waals surface area contributed by atoms with Gasteiger partial charge in [-0.25, -0.2) is 0 Å². The summed E-state index contributed by atoms with van der Waals surface area (Å²) in [4.78, 5) is 14.7. The summed E-state index contributed by atoms with van der Waals surface area (Å²) in [6, 6.07) is 0.578. The number of carbonyl (C=O) groups excluding carboxylic acids is 1. The van der Waals surface area contributed by atoms with Gasteiger partial charge in [0.25, 0.3) is 0 Å². The highest BCUT2D eigenvalue weighted by Crippen LogP contribution is 2.22. The van der Waals surface area contributed by atoms with E-state index >= 15 is 0 Å². The van der Waals surface area contributed by atoms with Crippen LogP contribution >= 0.6 is 0 Å². The molecule has 124 valence electrons. The van der Waals surface area contributed by atoms with E-state index in [1.54, 1.807) is 0 Å². The van der Waals surface area contributed by atoms with Crippen molar-refractivity contribution in [1.82, 2.24) is 15.5 Å². The Hall–Kier alpha value is -0.610. The van der Waals surface area contributed by atoms with E-state index in [1.807, 2.05) is 27.7 Å². The molecule has 1 amide bonds. The third-order valence-corrected chi connectivity index (χ3v) is 4.37. The number of piperidine rings is 1. The first kappa shape index (κ1) is 18.4. The second-order valence-electron chi connectivity index (χ2n) is 7.43. The zero-order chi connectivity index (χ0) is 16.0. The number of nitrogens with one attached hydrogen (secondary N) is 2. The molecule has 0 saturated carbocycles. The Kier molecular flexibility index (Phi) is 7.14. The van der Waals surface area contributed by atoms with Crippen LogP contribution in [0.1, 0.15) is 60.8 Å². The van der Waals surface area contributed by atoms with E-state index in [1.165, 1.54) is 12.8 Å². The van der Waals surface area contributed by atoms with Gasteiger partial charge in [-0.3, -0.25) is 9.69 Å². The molecule has 1 saturated heterocycles.